The topological polar surface area (TPSA) is 102 Å². The molecule has 2 rings (SSSR count). The number of nitro groups is 1. The van der Waals surface area contributed by atoms with E-state index in [1.54, 1.807) is 18.9 Å². The Bertz CT molecular complexity index is 527. The lowest BCUT2D eigenvalue weighted by Gasteiger charge is -2.33. The summed E-state index contributed by atoms with van der Waals surface area (Å²) < 4.78 is 1.34. The molecule has 1 aliphatic rings. The van der Waals surface area contributed by atoms with Gasteiger partial charge in [0.2, 0.25) is 5.82 Å². The smallest absolute Gasteiger partial charge is 0.330 e. The van der Waals surface area contributed by atoms with E-state index >= 15 is 0 Å². The Morgan fingerprint density at radius 2 is 2.37 bits per heavy atom. The van der Waals surface area contributed by atoms with Crippen LogP contribution in [0.1, 0.15) is 26.2 Å². The Balaban J connectivity index is 2.51. The van der Waals surface area contributed by atoms with E-state index in [1.807, 2.05) is 0 Å². The fourth-order valence-corrected chi connectivity index (χ4v) is 2.71. The van der Waals surface area contributed by atoms with Gasteiger partial charge >= 0.3 is 11.7 Å². The molecule has 0 bridgehead atoms. The van der Waals surface area contributed by atoms with Gasteiger partial charge in [0.25, 0.3) is 0 Å². The average Bonchev–Trinajstić information content (AvgIpc) is 2.92. The molecule has 0 saturated carbocycles. The number of carboxylic acids is 1. The zero-order valence-electron chi connectivity index (χ0n) is 10.9. The summed E-state index contributed by atoms with van der Waals surface area (Å²) in [6, 6.07) is 0. The summed E-state index contributed by atoms with van der Waals surface area (Å²) in [6.07, 6.45) is 2.85. The number of nitrogens with zero attached hydrogens (tertiary/aromatic N) is 4. The minimum atomic E-state index is -1.08. The molecule has 104 valence electrons. The summed E-state index contributed by atoms with van der Waals surface area (Å²) >= 11 is 0. The van der Waals surface area contributed by atoms with Gasteiger partial charge in [-0.05, 0) is 19.3 Å². The number of aryl methyl sites for hydroxylation is 1. The highest BCUT2D eigenvalue weighted by molar-refractivity contribution is 5.85. The first kappa shape index (κ1) is 13.3. The third-order valence-electron chi connectivity index (χ3n) is 3.71. The minimum absolute atomic E-state index is 0.147. The lowest BCUT2D eigenvalue weighted by Crippen LogP contribution is -2.50. The van der Waals surface area contributed by atoms with Crippen LogP contribution in [0.15, 0.2) is 6.20 Å². The summed E-state index contributed by atoms with van der Waals surface area (Å²) in [6.45, 7) is 2.25. The molecule has 1 aromatic heterocycles. The van der Waals surface area contributed by atoms with Crippen molar-refractivity contribution in [3.05, 3.63) is 16.3 Å². The SMILES string of the molecule is CCC1(C(=O)O)CCCN1c1nn(C)cc1[N+](=O)[O-]. The molecule has 0 aromatic carbocycles. The lowest BCUT2D eigenvalue weighted by atomic mass is 9.93. The van der Waals surface area contributed by atoms with Gasteiger partial charge in [-0.15, -0.1) is 5.10 Å². The van der Waals surface area contributed by atoms with Crippen molar-refractivity contribution in [1.82, 2.24) is 9.78 Å². The van der Waals surface area contributed by atoms with E-state index in [4.69, 9.17) is 0 Å². The number of aromatic nitrogens is 2. The van der Waals surface area contributed by atoms with Crippen LogP contribution in [0.25, 0.3) is 0 Å². The molecule has 0 radical (unpaired) electrons. The van der Waals surface area contributed by atoms with Gasteiger partial charge in [0.05, 0.1) is 4.92 Å². The maximum absolute atomic E-state index is 11.6. The minimum Gasteiger partial charge on any atom is -0.479 e. The molecule has 8 nitrogen and oxygen atoms in total. The van der Waals surface area contributed by atoms with Gasteiger partial charge in [-0.2, -0.15) is 0 Å². The number of hydrogen-bond acceptors (Lipinski definition) is 5. The second-order valence-corrected chi connectivity index (χ2v) is 4.71. The lowest BCUT2D eigenvalue weighted by molar-refractivity contribution is -0.384. The van der Waals surface area contributed by atoms with Crippen molar-refractivity contribution in [2.45, 2.75) is 31.7 Å². The van der Waals surface area contributed by atoms with Crippen LogP contribution >= 0.6 is 0 Å². The Morgan fingerprint density at radius 3 is 2.89 bits per heavy atom. The van der Waals surface area contributed by atoms with Crippen molar-refractivity contribution < 1.29 is 14.8 Å². The fourth-order valence-electron chi connectivity index (χ4n) is 2.71. The molecule has 1 aliphatic heterocycles. The summed E-state index contributed by atoms with van der Waals surface area (Å²) in [5.74, 6) is -0.804. The van der Waals surface area contributed by atoms with Crippen molar-refractivity contribution in [2.24, 2.45) is 7.05 Å². The molecular weight excluding hydrogens is 252 g/mol. The fraction of sp³-hybridized carbons (Fsp3) is 0.636. The summed E-state index contributed by atoms with van der Waals surface area (Å²) in [4.78, 5) is 23.7. The van der Waals surface area contributed by atoms with Gasteiger partial charge in [-0.1, -0.05) is 6.92 Å². The summed E-state index contributed by atoms with van der Waals surface area (Å²) in [5.41, 5.74) is -1.23. The van der Waals surface area contributed by atoms with Gasteiger partial charge in [0.1, 0.15) is 11.7 Å². The van der Waals surface area contributed by atoms with E-state index in [9.17, 15) is 20.0 Å². The van der Waals surface area contributed by atoms with Crippen LogP contribution in [-0.2, 0) is 11.8 Å². The van der Waals surface area contributed by atoms with Gasteiger partial charge in [0, 0.05) is 13.6 Å². The summed E-state index contributed by atoms with van der Waals surface area (Å²) in [7, 11) is 1.58. The largest absolute Gasteiger partial charge is 0.479 e. The second kappa shape index (κ2) is 4.52. The van der Waals surface area contributed by atoms with E-state index in [0.717, 1.165) is 0 Å². The van der Waals surface area contributed by atoms with Crippen LogP contribution < -0.4 is 4.90 Å². The zero-order chi connectivity index (χ0) is 14.2. The standard InChI is InChI=1S/C11H16N4O4/c1-3-11(10(16)17)5-4-6-14(11)9-8(15(18)19)7-13(2)12-9/h7H,3-6H2,1-2H3,(H,16,17). The Hall–Kier alpha value is -2.12. The normalized spacial score (nSPS) is 22.7. The van der Waals surface area contributed by atoms with Gasteiger partial charge in [0.15, 0.2) is 0 Å². The first-order valence-corrected chi connectivity index (χ1v) is 6.11. The van der Waals surface area contributed by atoms with Crippen molar-refractivity contribution in [1.29, 1.82) is 0 Å². The van der Waals surface area contributed by atoms with Crippen LogP contribution in [-0.4, -0.2) is 37.9 Å². The van der Waals surface area contributed by atoms with Gasteiger partial charge in [-0.3, -0.25) is 14.8 Å². The molecule has 1 atom stereocenters. The average molecular weight is 268 g/mol. The molecule has 0 spiro atoms. The highest BCUT2D eigenvalue weighted by Crippen LogP contribution is 2.39. The third kappa shape index (κ3) is 1.92. The van der Waals surface area contributed by atoms with Gasteiger partial charge in [-0.25, -0.2) is 4.79 Å². The van der Waals surface area contributed by atoms with Crippen molar-refractivity contribution in [3.8, 4) is 0 Å². The second-order valence-electron chi connectivity index (χ2n) is 4.71. The van der Waals surface area contributed by atoms with E-state index in [-0.39, 0.29) is 11.5 Å². The predicted octanol–water partition coefficient (Wildman–Crippen LogP) is 1.16. The zero-order valence-corrected chi connectivity index (χ0v) is 10.9. The number of anilines is 1. The Labute approximate surface area is 109 Å². The van der Waals surface area contributed by atoms with Crippen LogP contribution in [0.3, 0.4) is 0 Å². The van der Waals surface area contributed by atoms with Crippen LogP contribution in [0.5, 0.6) is 0 Å². The van der Waals surface area contributed by atoms with E-state index < -0.39 is 16.4 Å². The Kier molecular flexibility index (Phi) is 3.17. The number of carboxylic acid groups (broad SMARTS) is 1. The molecule has 1 N–H and O–H groups in total. The highest BCUT2D eigenvalue weighted by atomic mass is 16.6. The number of carbonyl (C=O) groups is 1. The molecular formula is C11H16N4O4. The molecule has 1 unspecified atom stereocenters. The van der Waals surface area contributed by atoms with Crippen LogP contribution in [0.2, 0.25) is 0 Å². The molecule has 8 heteroatoms. The molecule has 19 heavy (non-hydrogen) atoms. The molecule has 0 amide bonds. The van der Waals surface area contributed by atoms with E-state index in [0.29, 0.717) is 25.8 Å². The van der Waals surface area contributed by atoms with Crippen molar-refractivity contribution in [3.63, 3.8) is 0 Å². The maximum atomic E-state index is 11.6. The first-order valence-electron chi connectivity index (χ1n) is 6.11. The Morgan fingerprint density at radius 1 is 1.68 bits per heavy atom. The summed E-state index contributed by atoms with van der Waals surface area (Å²) in [5, 5.41) is 24.6. The highest BCUT2D eigenvalue weighted by Gasteiger charge is 2.49. The van der Waals surface area contributed by atoms with Crippen molar-refractivity contribution >= 4 is 17.5 Å². The molecule has 1 fully saturated rings. The maximum Gasteiger partial charge on any atom is 0.330 e. The predicted molar refractivity (Wildman–Crippen MR) is 67.1 cm³/mol. The van der Waals surface area contributed by atoms with Crippen LogP contribution in [0, 0.1) is 10.1 Å². The number of aliphatic carboxylic acids is 1. The molecule has 1 aromatic rings. The monoisotopic (exact) mass is 268 g/mol. The molecule has 2 heterocycles. The third-order valence-corrected chi connectivity index (χ3v) is 3.71. The number of hydrogen-bond donors (Lipinski definition) is 1. The van der Waals surface area contributed by atoms with Crippen molar-refractivity contribution in [2.75, 3.05) is 11.4 Å². The van der Waals surface area contributed by atoms with E-state index in [2.05, 4.69) is 5.10 Å². The van der Waals surface area contributed by atoms with Gasteiger partial charge < -0.3 is 10.0 Å². The molecule has 1 saturated heterocycles. The van der Waals surface area contributed by atoms with E-state index in [1.165, 1.54) is 10.9 Å². The van der Waals surface area contributed by atoms with Crippen LogP contribution in [0.4, 0.5) is 11.5 Å². The molecule has 0 aliphatic carbocycles. The first-order chi connectivity index (χ1) is 8.92. The quantitative estimate of drug-likeness (QED) is 0.649. The number of rotatable bonds is 4.